The Morgan fingerprint density at radius 1 is 1.08 bits per heavy atom. The summed E-state index contributed by atoms with van der Waals surface area (Å²) in [6.07, 6.45) is 0. The SMILES string of the molecule is CC(=O)N(CCNC(=O)COc1ccccc1)c1ccc(F)cc1. The van der Waals surface area contributed by atoms with E-state index >= 15 is 0 Å². The molecular weight excluding hydrogens is 311 g/mol. The average molecular weight is 330 g/mol. The molecule has 6 heteroatoms. The molecule has 0 spiro atoms. The second-order valence-electron chi connectivity index (χ2n) is 5.10. The van der Waals surface area contributed by atoms with Crippen molar-refractivity contribution in [3.8, 4) is 5.75 Å². The van der Waals surface area contributed by atoms with E-state index in [0.717, 1.165) is 0 Å². The van der Waals surface area contributed by atoms with Crippen molar-refractivity contribution < 1.29 is 18.7 Å². The fourth-order valence-electron chi connectivity index (χ4n) is 2.11. The number of anilines is 1. The summed E-state index contributed by atoms with van der Waals surface area (Å²) in [6, 6.07) is 14.7. The molecule has 2 aromatic rings. The first-order valence-corrected chi connectivity index (χ1v) is 7.54. The van der Waals surface area contributed by atoms with Gasteiger partial charge < -0.3 is 15.0 Å². The first-order valence-electron chi connectivity index (χ1n) is 7.54. The summed E-state index contributed by atoms with van der Waals surface area (Å²) in [5.74, 6) is -0.212. The standard InChI is InChI=1S/C18H19FN2O3/c1-14(22)21(16-9-7-15(19)8-10-16)12-11-20-18(23)13-24-17-5-3-2-4-6-17/h2-10H,11-13H2,1H3,(H,20,23). The molecule has 0 heterocycles. The fourth-order valence-corrected chi connectivity index (χ4v) is 2.11. The quantitative estimate of drug-likeness (QED) is 0.848. The molecule has 2 aromatic carbocycles. The van der Waals surface area contributed by atoms with Gasteiger partial charge >= 0.3 is 0 Å². The summed E-state index contributed by atoms with van der Waals surface area (Å²) in [5.41, 5.74) is 0.582. The van der Waals surface area contributed by atoms with Crippen LogP contribution in [-0.2, 0) is 9.59 Å². The average Bonchev–Trinajstić information content (AvgIpc) is 2.58. The van der Waals surface area contributed by atoms with Crippen LogP contribution >= 0.6 is 0 Å². The Kier molecular flexibility index (Phi) is 6.31. The number of nitrogens with zero attached hydrogens (tertiary/aromatic N) is 1. The van der Waals surface area contributed by atoms with Crippen molar-refractivity contribution in [2.75, 3.05) is 24.6 Å². The fraction of sp³-hybridized carbons (Fsp3) is 0.222. The van der Waals surface area contributed by atoms with Gasteiger partial charge in [0.15, 0.2) is 6.61 Å². The van der Waals surface area contributed by atoms with Crippen molar-refractivity contribution in [1.82, 2.24) is 5.32 Å². The Labute approximate surface area is 140 Å². The Bertz CT molecular complexity index is 674. The van der Waals surface area contributed by atoms with E-state index in [1.54, 1.807) is 12.1 Å². The van der Waals surface area contributed by atoms with E-state index in [1.807, 2.05) is 18.2 Å². The van der Waals surface area contributed by atoms with Crippen molar-refractivity contribution >= 4 is 17.5 Å². The minimum absolute atomic E-state index is 0.0966. The van der Waals surface area contributed by atoms with Gasteiger partial charge in [0.05, 0.1) is 0 Å². The number of carbonyl (C=O) groups is 2. The number of rotatable bonds is 7. The third kappa shape index (κ3) is 5.39. The zero-order valence-electron chi connectivity index (χ0n) is 13.4. The molecule has 0 aliphatic heterocycles. The second-order valence-corrected chi connectivity index (χ2v) is 5.10. The van der Waals surface area contributed by atoms with Crippen LogP contribution < -0.4 is 15.0 Å². The minimum Gasteiger partial charge on any atom is -0.484 e. The van der Waals surface area contributed by atoms with Crippen LogP contribution in [0.1, 0.15) is 6.92 Å². The predicted molar refractivity (Wildman–Crippen MR) is 89.4 cm³/mol. The van der Waals surface area contributed by atoms with Crippen LogP contribution in [0.4, 0.5) is 10.1 Å². The summed E-state index contributed by atoms with van der Waals surface area (Å²) in [6.45, 7) is 1.89. The lowest BCUT2D eigenvalue weighted by molar-refractivity contribution is -0.123. The van der Waals surface area contributed by atoms with Gasteiger partial charge in [0.1, 0.15) is 11.6 Å². The highest BCUT2D eigenvalue weighted by Crippen LogP contribution is 2.14. The monoisotopic (exact) mass is 330 g/mol. The molecule has 126 valence electrons. The summed E-state index contributed by atoms with van der Waals surface area (Å²) >= 11 is 0. The number of halogens is 1. The number of benzene rings is 2. The maximum atomic E-state index is 13.0. The molecule has 24 heavy (non-hydrogen) atoms. The number of ether oxygens (including phenoxy) is 1. The van der Waals surface area contributed by atoms with Crippen LogP contribution in [0, 0.1) is 5.82 Å². The summed E-state index contributed by atoms with van der Waals surface area (Å²) in [5, 5.41) is 2.69. The van der Waals surface area contributed by atoms with Crippen LogP contribution in [0.2, 0.25) is 0 Å². The van der Waals surface area contributed by atoms with Gasteiger partial charge in [-0.05, 0) is 36.4 Å². The highest BCUT2D eigenvalue weighted by molar-refractivity contribution is 5.91. The van der Waals surface area contributed by atoms with E-state index in [4.69, 9.17) is 4.74 Å². The zero-order chi connectivity index (χ0) is 17.4. The van der Waals surface area contributed by atoms with E-state index in [9.17, 15) is 14.0 Å². The van der Waals surface area contributed by atoms with E-state index < -0.39 is 0 Å². The van der Waals surface area contributed by atoms with E-state index in [1.165, 1.54) is 36.1 Å². The molecule has 0 fully saturated rings. The molecule has 1 N–H and O–H groups in total. The zero-order valence-corrected chi connectivity index (χ0v) is 13.4. The normalized spacial score (nSPS) is 10.1. The molecule has 2 rings (SSSR count). The molecule has 0 saturated heterocycles. The van der Waals surface area contributed by atoms with E-state index in [2.05, 4.69) is 5.32 Å². The van der Waals surface area contributed by atoms with Gasteiger partial charge in [-0.3, -0.25) is 9.59 Å². The summed E-state index contributed by atoms with van der Waals surface area (Å²) in [4.78, 5) is 24.9. The molecule has 0 unspecified atom stereocenters. The summed E-state index contributed by atoms with van der Waals surface area (Å²) < 4.78 is 18.3. The maximum absolute atomic E-state index is 13.0. The highest BCUT2D eigenvalue weighted by atomic mass is 19.1. The lowest BCUT2D eigenvalue weighted by Gasteiger charge is -2.21. The van der Waals surface area contributed by atoms with Gasteiger partial charge in [0.2, 0.25) is 5.91 Å². The maximum Gasteiger partial charge on any atom is 0.258 e. The number of hydrogen-bond donors (Lipinski definition) is 1. The van der Waals surface area contributed by atoms with Gasteiger partial charge in [-0.1, -0.05) is 18.2 Å². The van der Waals surface area contributed by atoms with Crippen molar-refractivity contribution in [3.63, 3.8) is 0 Å². The Morgan fingerprint density at radius 3 is 2.38 bits per heavy atom. The lowest BCUT2D eigenvalue weighted by atomic mass is 10.2. The summed E-state index contributed by atoms with van der Waals surface area (Å²) in [7, 11) is 0. The van der Waals surface area contributed by atoms with Gasteiger partial charge in [0.25, 0.3) is 5.91 Å². The molecular formula is C18H19FN2O3. The number of amides is 2. The highest BCUT2D eigenvalue weighted by Gasteiger charge is 2.12. The molecule has 2 amide bonds. The van der Waals surface area contributed by atoms with Crippen LogP contribution in [0.5, 0.6) is 5.75 Å². The first kappa shape index (κ1) is 17.5. The van der Waals surface area contributed by atoms with Crippen LogP contribution in [0.3, 0.4) is 0 Å². The van der Waals surface area contributed by atoms with Gasteiger partial charge in [-0.2, -0.15) is 0 Å². The van der Waals surface area contributed by atoms with Crippen molar-refractivity contribution in [2.24, 2.45) is 0 Å². The number of nitrogens with one attached hydrogen (secondary N) is 1. The lowest BCUT2D eigenvalue weighted by Crippen LogP contribution is -2.39. The predicted octanol–water partition coefficient (Wildman–Crippen LogP) is 2.37. The third-order valence-corrected chi connectivity index (χ3v) is 3.29. The second kappa shape index (κ2) is 8.67. The van der Waals surface area contributed by atoms with Crippen molar-refractivity contribution in [2.45, 2.75) is 6.92 Å². The molecule has 0 radical (unpaired) electrons. The third-order valence-electron chi connectivity index (χ3n) is 3.29. The van der Waals surface area contributed by atoms with E-state index in [-0.39, 0.29) is 37.3 Å². The Morgan fingerprint density at radius 2 is 1.75 bits per heavy atom. The van der Waals surface area contributed by atoms with Crippen molar-refractivity contribution in [1.29, 1.82) is 0 Å². The molecule has 0 atom stereocenters. The van der Waals surface area contributed by atoms with Gasteiger partial charge in [-0.15, -0.1) is 0 Å². The van der Waals surface area contributed by atoms with Crippen molar-refractivity contribution in [3.05, 3.63) is 60.4 Å². The number of hydrogen-bond acceptors (Lipinski definition) is 3. The van der Waals surface area contributed by atoms with Crippen LogP contribution in [0.25, 0.3) is 0 Å². The largest absolute Gasteiger partial charge is 0.484 e. The minimum atomic E-state index is -0.367. The molecule has 0 aliphatic rings. The van der Waals surface area contributed by atoms with Crippen LogP contribution in [-0.4, -0.2) is 31.5 Å². The molecule has 0 aliphatic carbocycles. The van der Waals surface area contributed by atoms with Crippen LogP contribution in [0.15, 0.2) is 54.6 Å². The Balaban J connectivity index is 1.79. The molecule has 0 aromatic heterocycles. The first-order chi connectivity index (χ1) is 11.6. The molecule has 0 bridgehead atoms. The number of carbonyl (C=O) groups excluding carboxylic acids is 2. The van der Waals surface area contributed by atoms with Gasteiger partial charge in [0, 0.05) is 25.7 Å². The molecule has 5 nitrogen and oxygen atoms in total. The van der Waals surface area contributed by atoms with Gasteiger partial charge in [-0.25, -0.2) is 4.39 Å². The number of para-hydroxylation sites is 1. The van der Waals surface area contributed by atoms with E-state index in [0.29, 0.717) is 11.4 Å². The Hall–Kier alpha value is -2.89. The molecule has 0 saturated carbocycles. The topological polar surface area (TPSA) is 58.6 Å². The smallest absolute Gasteiger partial charge is 0.258 e.